The number of carbonyl (C=O) groups excluding carboxylic acids is 1. The Balaban J connectivity index is 0.00000289. The molecule has 0 bridgehead atoms. The van der Waals surface area contributed by atoms with Crippen LogP contribution in [0.1, 0.15) is 12.1 Å². The highest BCUT2D eigenvalue weighted by Crippen LogP contribution is 2.12. The summed E-state index contributed by atoms with van der Waals surface area (Å²) in [5.41, 5.74) is 0.663. The van der Waals surface area contributed by atoms with E-state index in [2.05, 4.69) is 10.3 Å². The lowest BCUT2D eigenvalue weighted by Crippen LogP contribution is -2.28. The first-order chi connectivity index (χ1) is 8.26. The molecule has 0 saturated heterocycles. The number of pyridine rings is 1. The third kappa shape index (κ3) is 6.64. The maximum Gasteiger partial charge on any atom is 0.412 e. The van der Waals surface area contributed by atoms with Gasteiger partial charge in [0.15, 0.2) is 0 Å². The van der Waals surface area contributed by atoms with Crippen molar-refractivity contribution in [1.29, 1.82) is 0 Å². The maximum absolute atomic E-state index is 11.3. The van der Waals surface area contributed by atoms with E-state index in [0.29, 0.717) is 24.6 Å². The number of amides is 1. The van der Waals surface area contributed by atoms with Crippen LogP contribution in [0.15, 0.2) is 18.3 Å². The summed E-state index contributed by atoms with van der Waals surface area (Å²) in [5, 5.41) is 2.61. The number of carbonyl (C=O) groups is 1. The smallest absolute Gasteiger partial charge is 0.410 e. The van der Waals surface area contributed by atoms with Crippen LogP contribution in [0.25, 0.3) is 0 Å². The lowest BCUT2D eigenvalue weighted by atomic mass is 10.3. The van der Waals surface area contributed by atoms with Crippen molar-refractivity contribution in [2.45, 2.75) is 12.3 Å². The third-order valence-electron chi connectivity index (χ3n) is 1.93. The van der Waals surface area contributed by atoms with Crippen molar-refractivity contribution in [3.63, 3.8) is 0 Å². The van der Waals surface area contributed by atoms with Crippen LogP contribution in [-0.2, 0) is 10.6 Å². The van der Waals surface area contributed by atoms with Crippen LogP contribution in [0.3, 0.4) is 0 Å². The summed E-state index contributed by atoms with van der Waals surface area (Å²) in [5.74, 6) is 0.715. The number of alkyl halides is 1. The van der Waals surface area contributed by atoms with Crippen LogP contribution in [0.5, 0.6) is 5.75 Å². The van der Waals surface area contributed by atoms with Gasteiger partial charge in [-0.3, -0.25) is 4.98 Å². The fourth-order valence-electron chi connectivity index (χ4n) is 1.14. The van der Waals surface area contributed by atoms with Gasteiger partial charge in [0.05, 0.1) is 11.6 Å². The Bertz CT molecular complexity index is 364. The van der Waals surface area contributed by atoms with Crippen molar-refractivity contribution in [3.05, 3.63) is 24.0 Å². The molecule has 0 aliphatic carbocycles. The second-order valence-corrected chi connectivity index (χ2v) is 3.55. The SMILES string of the molecule is COCCCNC(=O)Oc1ccnc(CCl)c1.Cl. The zero-order chi connectivity index (χ0) is 12.5. The summed E-state index contributed by atoms with van der Waals surface area (Å²) in [7, 11) is 1.61. The highest BCUT2D eigenvalue weighted by molar-refractivity contribution is 6.16. The van der Waals surface area contributed by atoms with Crippen molar-refractivity contribution >= 4 is 30.1 Å². The molecule has 0 fully saturated rings. The van der Waals surface area contributed by atoms with Gasteiger partial charge in [-0.15, -0.1) is 24.0 Å². The summed E-state index contributed by atoms with van der Waals surface area (Å²) in [4.78, 5) is 15.3. The molecule has 7 heteroatoms. The van der Waals surface area contributed by atoms with Gasteiger partial charge in [0, 0.05) is 32.5 Å². The first kappa shape index (κ1) is 17.0. The number of halogens is 2. The summed E-state index contributed by atoms with van der Waals surface area (Å²) in [6, 6.07) is 3.23. The van der Waals surface area contributed by atoms with E-state index in [-0.39, 0.29) is 18.3 Å². The van der Waals surface area contributed by atoms with Gasteiger partial charge in [0.2, 0.25) is 0 Å². The molecule has 0 unspecified atom stereocenters. The largest absolute Gasteiger partial charge is 0.412 e. The van der Waals surface area contributed by atoms with Crippen LogP contribution in [-0.4, -0.2) is 31.3 Å². The molecule has 1 N–H and O–H groups in total. The normalized spacial score (nSPS) is 9.44. The van der Waals surface area contributed by atoms with Crippen LogP contribution in [0, 0.1) is 0 Å². The number of aromatic nitrogens is 1. The topological polar surface area (TPSA) is 60.5 Å². The number of nitrogens with zero attached hydrogens (tertiary/aromatic N) is 1. The van der Waals surface area contributed by atoms with E-state index < -0.39 is 6.09 Å². The monoisotopic (exact) mass is 294 g/mol. The van der Waals surface area contributed by atoms with Gasteiger partial charge in [-0.25, -0.2) is 4.79 Å². The van der Waals surface area contributed by atoms with Crippen LogP contribution >= 0.6 is 24.0 Å². The number of methoxy groups -OCH3 is 1. The van der Waals surface area contributed by atoms with Gasteiger partial charge in [0.1, 0.15) is 5.75 Å². The molecule has 1 aromatic rings. The summed E-state index contributed by atoms with van der Waals surface area (Å²) in [6.07, 6.45) is 1.80. The van der Waals surface area contributed by atoms with Crippen molar-refractivity contribution in [1.82, 2.24) is 10.3 Å². The Labute approximate surface area is 117 Å². The molecular formula is C11H16Cl2N2O3. The van der Waals surface area contributed by atoms with Gasteiger partial charge >= 0.3 is 6.09 Å². The number of rotatable bonds is 6. The van der Waals surface area contributed by atoms with E-state index in [1.165, 1.54) is 0 Å². The number of nitrogens with one attached hydrogen (secondary N) is 1. The summed E-state index contributed by atoms with van der Waals surface area (Å²) in [6.45, 7) is 1.12. The lowest BCUT2D eigenvalue weighted by molar-refractivity contribution is 0.185. The van der Waals surface area contributed by atoms with Crippen LogP contribution in [0.4, 0.5) is 4.79 Å². The molecule has 1 aromatic heterocycles. The quantitative estimate of drug-likeness (QED) is 0.646. The standard InChI is InChI=1S/C11H15ClN2O3.ClH/c1-16-6-2-4-14-11(15)17-10-3-5-13-9(7-10)8-12;/h3,5,7H,2,4,6,8H2,1H3,(H,14,15);1H. The molecular weight excluding hydrogens is 279 g/mol. The molecule has 0 spiro atoms. The molecule has 5 nitrogen and oxygen atoms in total. The van der Waals surface area contributed by atoms with Gasteiger partial charge in [-0.1, -0.05) is 0 Å². The van der Waals surface area contributed by atoms with E-state index in [9.17, 15) is 4.79 Å². The first-order valence-corrected chi connectivity index (χ1v) is 5.75. The van der Waals surface area contributed by atoms with Gasteiger partial charge < -0.3 is 14.8 Å². The maximum atomic E-state index is 11.3. The van der Waals surface area contributed by atoms with Gasteiger partial charge in [-0.05, 0) is 12.5 Å². The molecule has 102 valence electrons. The number of hydrogen-bond donors (Lipinski definition) is 1. The molecule has 0 aromatic carbocycles. The Morgan fingerprint density at radius 2 is 2.33 bits per heavy atom. The van der Waals surface area contributed by atoms with Crippen molar-refractivity contribution in [2.75, 3.05) is 20.3 Å². The molecule has 1 amide bonds. The zero-order valence-corrected chi connectivity index (χ0v) is 11.6. The minimum atomic E-state index is -0.493. The second kappa shape index (κ2) is 9.94. The Morgan fingerprint density at radius 1 is 1.56 bits per heavy atom. The predicted octanol–water partition coefficient (Wildman–Crippen LogP) is 2.37. The van der Waals surface area contributed by atoms with E-state index in [0.717, 1.165) is 6.42 Å². The highest BCUT2D eigenvalue weighted by atomic mass is 35.5. The molecule has 0 aliphatic rings. The summed E-state index contributed by atoms with van der Waals surface area (Å²) >= 11 is 5.62. The van der Waals surface area contributed by atoms with Crippen molar-refractivity contribution in [2.24, 2.45) is 0 Å². The van der Waals surface area contributed by atoms with E-state index in [1.54, 1.807) is 25.4 Å². The second-order valence-electron chi connectivity index (χ2n) is 3.28. The molecule has 0 radical (unpaired) electrons. The predicted molar refractivity (Wildman–Crippen MR) is 71.6 cm³/mol. The zero-order valence-electron chi connectivity index (χ0n) is 10.0. The minimum absolute atomic E-state index is 0. The van der Waals surface area contributed by atoms with E-state index in [1.807, 2.05) is 0 Å². The number of hydrogen-bond acceptors (Lipinski definition) is 4. The first-order valence-electron chi connectivity index (χ1n) is 5.21. The van der Waals surface area contributed by atoms with Crippen molar-refractivity contribution in [3.8, 4) is 5.75 Å². The van der Waals surface area contributed by atoms with E-state index >= 15 is 0 Å². The molecule has 1 heterocycles. The Kier molecular flexibility index (Phi) is 9.36. The van der Waals surface area contributed by atoms with E-state index in [4.69, 9.17) is 21.1 Å². The highest BCUT2D eigenvalue weighted by Gasteiger charge is 2.04. The number of ether oxygens (including phenoxy) is 2. The summed E-state index contributed by atoms with van der Waals surface area (Å²) < 4.78 is 9.90. The molecule has 0 aliphatic heterocycles. The Morgan fingerprint density at radius 3 is 3.00 bits per heavy atom. The third-order valence-corrected chi connectivity index (χ3v) is 2.20. The fourth-order valence-corrected chi connectivity index (χ4v) is 1.29. The molecule has 1 rings (SSSR count). The van der Waals surface area contributed by atoms with Gasteiger partial charge in [0.25, 0.3) is 0 Å². The van der Waals surface area contributed by atoms with Crippen LogP contribution < -0.4 is 10.1 Å². The average molecular weight is 295 g/mol. The van der Waals surface area contributed by atoms with Crippen LogP contribution in [0.2, 0.25) is 0 Å². The van der Waals surface area contributed by atoms with Gasteiger partial charge in [-0.2, -0.15) is 0 Å². The fraction of sp³-hybridized carbons (Fsp3) is 0.455. The Hall–Kier alpha value is -1.04. The molecule has 0 saturated carbocycles. The average Bonchev–Trinajstić information content (AvgIpc) is 2.35. The lowest BCUT2D eigenvalue weighted by Gasteiger charge is -2.06. The molecule has 0 atom stereocenters. The minimum Gasteiger partial charge on any atom is -0.410 e. The molecule has 18 heavy (non-hydrogen) atoms. The van der Waals surface area contributed by atoms with Crippen molar-refractivity contribution < 1.29 is 14.3 Å².